The van der Waals surface area contributed by atoms with Crippen LogP contribution < -0.4 is 5.32 Å². The van der Waals surface area contributed by atoms with E-state index in [0.29, 0.717) is 6.04 Å². The number of nitrogens with one attached hydrogen (secondary N) is 1. The first-order valence-corrected chi connectivity index (χ1v) is 4.93. The van der Waals surface area contributed by atoms with Gasteiger partial charge in [0, 0.05) is 12.7 Å². The molecule has 1 aliphatic rings. The molecule has 2 rings (SSSR count). The zero-order valence-corrected chi connectivity index (χ0v) is 8.59. The van der Waals surface area contributed by atoms with Crippen molar-refractivity contribution in [3.8, 4) is 0 Å². The molecule has 1 aromatic rings. The lowest BCUT2D eigenvalue weighted by Gasteiger charge is -2.10. The van der Waals surface area contributed by atoms with Crippen LogP contribution in [0, 0.1) is 13.8 Å². The summed E-state index contributed by atoms with van der Waals surface area (Å²) in [5.41, 5.74) is 2.44. The van der Waals surface area contributed by atoms with E-state index in [9.17, 15) is 0 Å². The first kappa shape index (κ1) is 8.75. The van der Waals surface area contributed by atoms with Crippen molar-refractivity contribution in [2.45, 2.75) is 32.7 Å². The Kier molecular flexibility index (Phi) is 2.12. The van der Waals surface area contributed by atoms with Gasteiger partial charge >= 0.3 is 0 Å². The minimum atomic E-state index is 0.484. The molecule has 1 atom stereocenters. The van der Waals surface area contributed by atoms with Gasteiger partial charge in [0.15, 0.2) is 0 Å². The van der Waals surface area contributed by atoms with Gasteiger partial charge in [-0.25, -0.2) is 4.98 Å². The molecule has 72 valence electrons. The van der Waals surface area contributed by atoms with E-state index in [2.05, 4.69) is 35.8 Å². The zero-order chi connectivity index (χ0) is 9.42. The van der Waals surface area contributed by atoms with Crippen molar-refractivity contribution in [2.24, 2.45) is 7.05 Å². The van der Waals surface area contributed by atoms with Gasteiger partial charge in [-0.15, -0.1) is 0 Å². The second-order valence-corrected chi connectivity index (χ2v) is 3.85. The van der Waals surface area contributed by atoms with Crippen molar-refractivity contribution in [1.29, 1.82) is 0 Å². The third kappa shape index (κ3) is 1.37. The Morgan fingerprint density at radius 2 is 2.23 bits per heavy atom. The van der Waals surface area contributed by atoms with Gasteiger partial charge in [0.2, 0.25) is 0 Å². The molecular weight excluding hydrogens is 162 g/mol. The first-order valence-electron chi connectivity index (χ1n) is 4.93. The van der Waals surface area contributed by atoms with Crippen LogP contribution in [0.3, 0.4) is 0 Å². The van der Waals surface area contributed by atoms with E-state index in [-0.39, 0.29) is 0 Å². The number of hydrogen-bond donors (Lipinski definition) is 1. The highest BCUT2D eigenvalue weighted by atomic mass is 15.1. The van der Waals surface area contributed by atoms with Gasteiger partial charge in [0.25, 0.3) is 0 Å². The second kappa shape index (κ2) is 3.14. The SMILES string of the molecule is Cc1nc(C2CCCN2)n(C)c1C. The summed E-state index contributed by atoms with van der Waals surface area (Å²) in [4.78, 5) is 4.59. The third-order valence-electron chi connectivity index (χ3n) is 3.02. The fourth-order valence-electron chi connectivity index (χ4n) is 1.96. The lowest BCUT2D eigenvalue weighted by atomic mass is 10.2. The van der Waals surface area contributed by atoms with Crippen molar-refractivity contribution in [3.63, 3.8) is 0 Å². The van der Waals surface area contributed by atoms with Crippen LogP contribution in [-0.4, -0.2) is 16.1 Å². The fourth-order valence-corrected chi connectivity index (χ4v) is 1.96. The monoisotopic (exact) mass is 179 g/mol. The molecule has 0 saturated carbocycles. The number of hydrogen-bond acceptors (Lipinski definition) is 2. The second-order valence-electron chi connectivity index (χ2n) is 3.85. The highest BCUT2D eigenvalue weighted by Gasteiger charge is 2.21. The topological polar surface area (TPSA) is 29.9 Å². The molecule has 0 aromatic carbocycles. The van der Waals surface area contributed by atoms with E-state index in [0.717, 1.165) is 12.2 Å². The van der Waals surface area contributed by atoms with E-state index in [1.54, 1.807) is 0 Å². The summed E-state index contributed by atoms with van der Waals surface area (Å²) < 4.78 is 2.21. The van der Waals surface area contributed by atoms with Crippen LogP contribution in [0.5, 0.6) is 0 Å². The molecule has 1 aromatic heterocycles. The molecule has 1 aliphatic heterocycles. The summed E-state index contributed by atoms with van der Waals surface area (Å²) >= 11 is 0. The molecule has 1 unspecified atom stereocenters. The van der Waals surface area contributed by atoms with Crippen LogP contribution in [0.25, 0.3) is 0 Å². The molecule has 1 fully saturated rings. The first-order chi connectivity index (χ1) is 6.20. The van der Waals surface area contributed by atoms with E-state index < -0.39 is 0 Å². The molecule has 1 saturated heterocycles. The van der Waals surface area contributed by atoms with Crippen molar-refractivity contribution in [3.05, 3.63) is 17.2 Å². The predicted molar refractivity (Wildman–Crippen MR) is 52.7 cm³/mol. The van der Waals surface area contributed by atoms with Gasteiger partial charge in [-0.1, -0.05) is 0 Å². The number of aryl methyl sites for hydroxylation is 1. The summed E-state index contributed by atoms with van der Waals surface area (Å²) in [5, 5.41) is 3.47. The van der Waals surface area contributed by atoms with Crippen molar-refractivity contribution in [2.75, 3.05) is 6.54 Å². The van der Waals surface area contributed by atoms with Crippen LogP contribution in [0.4, 0.5) is 0 Å². The highest BCUT2D eigenvalue weighted by Crippen LogP contribution is 2.23. The number of aromatic nitrogens is 2. The van der Waals surface area contributed by atoms with Crippen LogP contribution >= 0.6 is 0 Å². The van der Waals surface area contributed by atoms with E-state index in [1.807, 2.05) is 0 Å². The number of rotatable bonds is 1. The summed E-state index contributed by atoms with van der Waals surface area (Å²) in [6, 6.07) is 0.484. The van der Waals surface area contributed by atoms with Crippen LogP contribution in [0.2, 0.25) is 0 Å². The maximum Gasteiger partial charge on any atom is 0.126 e. The molecule has 0 bridgehead atoms. The standard InChI is InChI=1S/C10H17N3/c1-7-8(2)13(3)10(12-7)9-5-4-6-11-9/h9,11H,4-6H2,1-3H3. The Labute approximate surface area is 79.2 Å². The van der Waals surface area contributed by atoms with Gasteiger partial charge < -0.3 is 9.88 Å². The van der Waals surface area contributed by atoms with Crippen LogP contribution in [-0.2, 0) is 7.05 Å². The maximum absolute atomic E-state index is 4.59. The van der Waals surface area contributed by atoms with Gasteiger partial charge in [-0.2, -0.15) is 0 Å². The molecule has 0 aliphatic carbocycles. The van der Waals surface area contributed by atoms with Crippen LogP contribution in [0.15, 0.2) is 0 Å². The average Bonchev–Trinajstić information content (AvgIpc) is 2.70. The lowest BCUT2D eigenvalue weighted by Crippen LogP contribution is -2.17. The summed E-state index contributed by atoms with van der Waals surface area (Å²) in [6.45, 7) is 5.34. The summed E-state index contributed by atoms with van der Waals surface area (Å²) in [5.74, 6) is 1.20. The zero-order valence-electron chi connectivity index (χ0n) is 8.59. The largest absolute Gasteiger partial charge is 0.334 e. The Bertz CT molecular complexity index is 308. The number of imidazole rings is 1. The molecule has 1 N–H and O–H groups in total. The minimum Gasteiger partial charge on any atom is -0.334 e. The van der Waals surface area contributed by atoms with Gasteiger partial charge in [-0.05, 0) is 33.2 Å². The molecule has 2 heterocycles. The van der Waals surface area contributed by atoms with Crippen molar-refractivity contribution >= 4 is 0 Å². The predicted octanol–water partition coefficient (Wildman–Crippen LogP) is 1.46. The molecule has 3 nitrogen and oxygen atoms in total. The summed E-state index contributed by atoms with van der Waals surface area (Å²) in [6.07, 6.45) is 2.50. The Morgan fingerprint density at radius 3 is 2.69 bits per heavy atom. The molecule has 13 heavy (non-hydrogen) atoms. The van der Waals surface area contributed by atoms with Gasteiger partial charge in [0.05, 0.1) is 11.7 Å². The quantitative estimate of drug-likeness (QED) is 0.707. The van der Waals surface area contributed by atoms with Crippen molar-refractivity contribution < 1.29 is 0 Å². The molecule has 3 heteroatoms. The van der Waals surface area contributed by atoms with E-state index in [4.69, 9.17) is 0 Å². The maximum atomic E-state index is 4.59. The van der Waals surface area contributed by atoms with E-state index in [1.165, 1.54) is 24.4 Å². The molecule has 0 radical (unpaired) electrons. The lowest BCUT2D eigenvalue weighted by molar-refractivity contribution is 0.576. The average molecular weight is 179 g/mol. The number of nitrogens with zero attached hydrogens (tertiary/aromatic N) is 2. The Hall–Kier alpha value is -0.830. The van der Waals surface area contributed by atoms with E-state index >= 15 is 0 Å². The van der Waals surface area contributed by atoms with Crippen molar-refractivity contribution in [1.82, 2.24) is 14.9 Å². The highest BCUT2D eigenvalue weighted by molar-refractivity contribution is 5.16. The molecule has 0 spiro atoms. The Morgan fingerprint density at radius 1 is 1.46 bits per heavy atom. The molecule has 0 amide bonds. The molecular formula is C10H17N3. The van der Waals surface area contributed by atoms with Gasteiger partial charge in [0.1, 0.15) is 5.82 Å². The minimum absolute atomic E-state index is 0.484. The fraction of sp³-hybridized carbons (Fsp3) is 0.700. The normalized spacial score (nSPS) is 22.5. The van der Waals surface area contributed by atoms with Gasteiger partial charge in [-0.3, -0.25) is 0 Å². The summed E-state index contributed by atoms with van der Waals surface area (Å²) in [7, 11) is 2.10. The third-order valence-corrected chi connectivity index (χ3v) is 3.02. The Balaban J connectivity index is 2.34. The van der Waals surface area contributed by atoms with Crippen LogP contribution in [0.1, 0.15) is 36.1 Å². The smallest absolute Gasteiger partial charge is 0.126 e.